The van der Waals surface area contributed by atoms with Crippen LogP contribution in [0.15, 0.2) is 0 Å². The van der Waals surface area contributed by atoms with E-state index in [1.807, 2.05) is 0 Å². The summed E-state index contributed by atoms with van der Waals surface area (Å²) in [6, 6.07) is -6.82. The van der Waals surface area contributed by atoms with Crippen LogP contribution in [0.3, 0.4) is 0 Å². The van der Waals surface area contributed by atoms with Gasteiger partial charge >= 0.3 is 11.9 Å². The lowest BCUT2D eigenvalue weighted by Crippen LogP contribution is -2.56. The van der Waals surface area contributed by atoms with Crippen LogP contribution in [0.5, 0.6) is 0 Å². The fraction of sp³-hybridized carbons (Fsp3) is 0.714. The predicted octanol–water partition coefficient (Wildman–Crippen LogP) is -3.88. The Morgan fingerprint density at radius 2 is 1.04 bits per heavy atom. The third-order valence-electron chi connectivity index (χ3n) is 6.84. The van der Waals surface area contributed by atoms with Crippen LogP contribution >= 0.6 is 0 Å². The molecule has 0 aliphatic carbocycles. The number of amides is 6. The average Bonchev–Trinajstić information content (AvgIpc) is 3.00. The molecule has 0 aliphatic heterocycles. The molecule has 0 aromatic rings. The number of hydrogen-bond acceptors (Lipinski definition) is 11. The van der Waals surface area contributed by atoms with Gasteiger partial charge in [0.15, 0.2) is 0 Å². The number of carbonyl (C=O) groups excluding carboxylic acids is 6. The van der Waals surface area contributed by atoms with E-state index >= 15 is 0 Å². The molecule has 268 valence electrons. The summed E-state index contributed by atoms with van der Waals surface area (Å²) in [4.78, 5) is 97.6. The molecule has 0 saturated heterocycles. The third-order valence-corrected chi connectivity index (χ3v) is 6.84. The van der Waals surface area contributed by atoms with E-state index in [9.17, 15) is 38.4 Å². The highest BCUT2D eigenvalue weighted by atomic mass is 16.4. The zero-order chi connectivity index (χ0) is 36.1. The van der Waals surface area contributed by atoms with Crippen LogP contribution in [-0.4, -0.2) is 113 Å². The molecule has 6 amide bonds. The minimum atomic E-state index is -1.26. The molecule has 0 heterocycles. The van der Waals surface area contributed by atoms with E-state index < -0.39 is 90.2 Å². The lowest BCUT2D eigenvalue weighted by Gasteiger charge is -2.23. The van der Waals surface area contributed by atoms with Gasteiger partial charge in [-0.2, -0.15) is 0 Å². The molecule has 0 radical (unpaired) electrons. The highest BCUT2D eigenvalue weighted by Crippen LogP contribution is 2.04. The van der Waals surface area contributed by atoms with Crippen LogP contribution in [0.1, 0.15) is 72.1 Å². The van der Waals surface area contributed by atoms with Gasteiger partial charge in [-0.15, -0.1) is 0 Å². The second-order valence-corrected chi connectivity index (χ2v) is 11.0. The summed E-state index contributed by atoms with van der Waals surface area (Å²) in [7, 11) is 0. The summed E-state index contributed by atoms with van der Waals surface area (Å²) in [5.41, 5.74) is 16.7. The molecule has 0 fully saturated rings. The molecule has 0 aromatic heterocycles. The van der Waals surface area contributed by atoms with Gasteiger partial charge in [0.25, 0.3) is 0 Å². The molecule has 0 rings (SSSR count). The zero-order valence-corrected chi connectivity index (χ0v) is 27.1. The number of nitrogens with one attached hydrogen (secondary N) is 6. The van der Waals surface area contributed by atoms with E-state index in [4.69, 9.17) is 27.4 Å². The molecule has 0 aliphatic rings. The van der Waals surface area contributed by atoms with Crippen LogP contribution in [0, 0.1) is 0 Å². The van der Waals surface area contributed by atoms with Crippen molar-refractivity contribution in [3.63, 3.8) is 0 Å². The van der Waals surface area contributed by atoms with Crippen molar-refractivity contribution in [1.82, 2.24) is 31.9 Å². The number of carboxylic acid groups (broad SMARTS) is 2. The molecular formula is C28H51N9O10. The van der Waals surface area contributed by atoms with Gasteiger partial charge in [0, 0.05) is 6.42 Å². The van der Waals surface area contributed by atoms with Crippen molar-refractivity contribution in [2.45, 2.75) is 108 Å². The van der Waals surface area contributed by atoms with Crippen molar-refractivity contribution in [2.24, 2.45) is 17.2 Å². The Labute approximate surface area is 273 Å². The summed E-state index contributed by atoms with van der Waals surface area (Å²) in [5.74, 6) is -6.78. The van der Waals surface area contributed by atoms with Gasteiger partial charge in [-0.05, 0) is 78.8 Å². The summed E-state index contributed by atoms with van der Waals surface area (Å²) in [6.07, 6.45) is 1.81. The van der Waals surface area contributed by atoms with Gasteiger partial charge in [0.05, 0.1) is 12.6 Å². The molecule has 0 bridgehead atoms. The van der Waals surface area contributed by atoms with Crippen molar-refractivity contribution in [2.75, 3.05) is 19.6 Å². The first-order chi connectivity index (χ1) is 22.0. The first-order valence-corrected chi connectivity index (χ1v) is 15.4. The van der Waals surface area contributed by atoms with Crippen molar-refractivity contribution in [3.05, 3.63) is 0 Å². The fourth-order valence-corrected chi connectivity index (χ4v) is 3.93. The lowest BCUT2D eigenvalue weighted by molar-refractivity contribution is -0.141. The lowest BCUT2D eigenvalue weighted by atomic mass is 10.1. The van der Waals surface area contributed by atoms with Crippen LogP contribution in [0.4, 0.5) is 0 Å². The van der Waals surface area contributed by atoms with E-state index in [2.05, 4.69) is 31.9 Å². The Morgan fingerprint density at radius 1 is 0.574 bits per heavy atom. The number of rotatable bonds is 24. The van der Waals surface area contributed by atoms with Crippen LogP contribution in [0.2, 0.25) is 0 Å². The fourth-order valence-electron chi connectivity index (χ4n) is 3.93. The monoisotopic (exact) mass is 673 g/mol. The number of nitrogens with two attached hydrogens (primary N) is 3. The molecule has 19 heteroatoms. The van der Waals surface area contributed by atoms with Crippen molar-refractivity contribution in [1.29, 1.82) is 0 Å². The second kappa shape index (κ2) is 23.0. The largest absolute Gasteiger partial charge is 0.481 e. The quantitative estimate of drug-likeness (QED) is 0.0437. The second-order valence-electron chi connectivity index (χ2n) is 11.0. The molecule has 0 spiro atoms. The van der Waals surface area contributed by atoms with Crippen molar-refractivity contribution >= 4 is 47.4 Å². The van der Waals surface area contributed by atoms with E-state index in [1.54, 1.807) is 0 Å². The minimum absolute atomic E-state index is 0.141. The highest BCUT2D eigenvalue weighted by Gasteiger charge is 2.28. The number of unbranched alkanes of at least 4 members (excludes halogenated alkanes) is 2. The van der Waals surface area contributed by atoms with Gasteiger partial charge in [0.1, 0.15) is 30.2 Å². The Hall–Kier alpha value is -4.36. The highest BCUT2D eigenvalue weighted by molar-refractivity contribution is 5.95. The molecular weight excluding hydrogens is 622 g/mol. The maximum absolute atomic E-state index is 13.0. The SMILES string of the molecule is C[C@H](NC(=O)[C@H](C)NC(=O)[C@H](CCCCN)NC(=O)CNC(=O)[C@H](CCCCN)NC(=O)[C@H](C)NC(=O)[C@@H](N)CCC(=O)O)C(=O)O. The van der Waals surface area contributed by atoms with E-state index in [0.717, 1.165) is 0 Å². The number of aliphatic carboxylic acids is 2. The van der Waals surface area contributed by atoms with E-state index in [-0.39, 0.29) is 25.7 Å². The van der Waals surface area contributed by atoms with E-state index in [0.29, 0.717) is 38.8 Å². The number of carboxylic acids is 2. The minimum Gasteiger partial charge on any atom is -0.481 e. The maximum Gasteiger partial charge on any atom is 0.325 e. The molecule has 6 atom stereocenters. The molecule has 0 unspecified atom stereocenters. The smallest absolute Gasteiger partial charge is 0.325 e. The Morgan fingerprint density at radius 3 is 1.53 bits per heavy atom. The van der Waals surface area contributed by atoms with Gasteiger partial charge in [-0.25, -0.2) is 0 Å². The van der Waals surface area contributed by atoms with Crippen LogP contribution in [0.25, 0.3) is 0 Å². The van der Waals surface area contributed by atoms with Gasteiger partial charge in [0.2, 0.25) is 35.4 Å². The molecule has 0 saturated carbocycles. The zero-order valence-electron chi connectivity index (χ0n) is 27.1. The topological polar surface area (TPSA) is 327 Å². The molecule has 0 aromatic carbocycles. The molecule has 14 N–H and O–H groups in total. The van der Waals surface area contributed by atoms with Crippen LogP contribution < -0.4 is 49.1 Å². The first kappa shape index (κ1) is 42.6. The summed E-state index contributed by atoms with van der Waals surface area (Å²) >= 11 is 0. The number of carbonyl (C=O) groups is 8. The molecule has 19 nitrogen and oxygen atoms in total. The molecule has 47 heavy (non-hydrogen) atoms. The summed E-state index contributed by atoms with van der Waals surface area (Å²) in [5, 5.41) is 32.2. The normalized spacial score (nSPS) is 14.6. The van der Waals surface area contributed by atoms with Gasteiger partial charge in [-0.1, -0.05) is 0 Å². The van der Waals surface area contributed by atoms with Crippen LogP contribution in [-0.2, 0) is 38.4 Å². The third kappa shape index (κ3) is 18.4. The first-order valence-electron chi connectivity index (χ1n) is 15.4. The Bertz CT molecular complexity index is 1090. The summed E-state index contributed by atoms with van der Waals surface area (Å²) < 4.78 is 0. The Balaban J connectivity index is 5.33. The summed E-state index contributed by atoms with van der Waals surface area (Å²) in [6.45, 7) is 4.06. The van der Waals surface area contributed by atoms with Gasteiger partial charge in [-0.3, -0.25) is 38.4 Å². The number of hydrogen-bond donors (Lipinski definition) is 11. The van der Waals surface area contributed by atoms with Crippen molar-refractivity contribution < 1.29 is 48.6 Å². The average molecular weight is 674 g/mol. The Kier molecular flexibility index (Phi) is 20.9. The van der Waals surface area contributed by atoms with E-state index in [1.165, 1.54) is 20.8 Å². The maximum atomic E-state index is 13.0. The predicted molar refractivity (Wildman–Crippen MR) is 168 cm³/mol. The van der Waals surface area contributed by atoms with Gasteiger partial charge < -0.3 is 59.3 Å². The van der Waals surface area contributed by atoms with Crippen molar-refractivity contribution in [3.8, 4) is 0 Å². The standard InChI is InChI=1S/C28H51N9O10/c1-15(23(41)35-17(3)28(46)47)34-27(45)20(9-5-7-13-30)36-21(38)14-32-26(44)19(8-4-6-12-29)37-24(42)16(2)33-25(43)18(31)10-11-22(39)40/h15-20H,4-14,29-31H2,1-3H3,(H,32,44)(H,33,43)(H,34,45)(H,35,41)(H,36,38)(H,37,42)(H,39,40)(H,46,47)/t15-,16-,17-,18-,19-,20-/m0/s1.